The number of imide groups is 1. The second kappa shape index (κ2) is 4.67. The van der Waals surface area contributed by atoms with Gasteiger partial charge in [0.05, 0.1) is 5.41 Å². The molecule has 0 aromatic heterocycles. The lowest BCUT2D eigenvalue weighted by atomic mass is 9.82. The van der Waals surface area contributed by atoms with Gasteiger partial charge in [0, 0.05) is 12.6 Å². The first kappa shape index (κ1) is 12.4. The van der Waals surface area contributed by atoms with Gasteiger partial charge in [-0.15, -0.1) is 0 Å². The summed E-state index contributed by atoms with van der Waals surface area (Å²) in [5.41, 5.74) is -0.411. The second-order valence-electron chi connectivity index (χ2n) is 5.54. The van der Waals surface area contributed by atoms with Crippen LogP contribution >= 0.6 is 0 Å². The number of amides is 3. The molecule has 2 fully saturated rings. The third-order valence-corrected chi connectivity index (χ3v) is 4.30. The van der Waals surface area contributed by atoms with Crippen molar-refractivity contribution < 1.29 is 9.59 Å². The maximum absolute atomic E-state index is 12.5. The number of carbonyl (C=O) groups is 2. The molecule has 0 spiro atoms. The van der Waals surface area contributed by atoms with Gasteiger partial charge in [-0.3, -0.25) is 9.69 Å². The number of hydrogen-bond donors (Lipinski definition) is 1. The maximum atomic E-state index is 12.5. The third kappa shape index (κ3) is 2.17. The van der Waals surface area contributed by atoms with Crippen LogP contribution in [-0.4, -0.2) is 29.4 Å². The lowest BCUT2D eigenvalue weighted by Crippen LogP contribution is -2.62. The molecule has 0 aromatic rings. The van der Waals surface area contributed by atoms with E-state index in [-0.39, 0.29) is 18.0 Å². The summed E-state index contributed by atoms with van der Waals surface area (Å²) in [6.45, 7) is 4.43. The Morgan fingerprint density at radius 1 is 1.29 bits per heavy atom. The minimum atomic E-state index is -0.411. The van der Waals surface area contributed by atoms with Gasteiger partial charge in [-0.2, -0.15) is 0 Å². The van der Waals surface area contributed by atoms with Crippen LogP contribution < -0.4 is 5.32 Å². The van der Waals surface area contributed by atoms with Crippen LogP contribution in [0.5, 0.6) is 0 Å². The highest BCUT2D eigenvalue weighted by molar-refractivity contribution is 6.00. The topological polar surface area (TPSA) is 49.4 Å². The summed E-state index contributed by atoms with van der Waals surface area (Å²) in [4.78, 5) is 25.9. The van der Waals surface area contributed by atoms with Gasteiger partial charge in [-0.05, 0) is 26.2 Å². The third-order valence-electron chi connectivity index (χ3n) is 4.30. The molecule has 96 valence electrons. The van der Waals surface area contributed by atoms with Crippen molar-refractivity contribution in [2.75, 3.05) is 6.54 Å². The molecule has 1 atom stereocenters. The lowest BCUT2D eigenvalue weighted by Gasteiger charge is -2.42. The van der Waals surface area contributed by atoms with Crippen molar-refractivity contribution in [1.29, 1.82) is 0 Å². The maximum Gasteiger partial charge on any atom is 0.324 e. The van der Waals surface area contributed by atoms with E-state index in [4.69, 9.17) is 0 Å². The van der Waals surface area contributed by atoms with E-state index in [1.807, 2.05) is 13.8 Å². The summed E-state index contributed by atoms with van der Waals surface area (Å²) in [6.07, 6.45) is 6.20. The molecule has 1 unspecified atom stereocenters. The van der Waals surface area contributed by atoms with Gasteiger partial charge in [-0.1, -0.05) is 26.2 Å². The second-order valence-corrected chi connectivity index (χ2v) is 5.54. The van der Waals surface area contributed by atoms with Crippen molar-refractivity contribution in [2.45, 2.75) is 58.4 Å². The Balaban J connectivity index is 2.17. The number of nitrogens with zero attached hydrogens (tertiary/aromatic N) is 1. The number of nitrogens with one attached hydrogen (secondary N) is 1. The first-order valence-electron chi connectivity index (χ1n) is 6.70. The van der Waals surface area contributed by atoms with Crippen molar-refractivity contribution in [3.8, 4) is 0 Å². The Hall–Kier alpha value is -1.06. The van der Waals surface area contributed by atoms with Crippen LogP contribution in [0.15, 0.2) is 0 Å². The Kier molecular flexibility index (Phi) is 3.40. The molecule has 17 heavy (non-hydrogen) atoms. The Labute approximate surface area is 103 Å². The van der Waals surface area contributed by atoms with Crippen LogP contribution in [0.3, 0.4) is 0 Å². The summed E-state index contributed by atoms with van der Waals surface area (Å²) >= 11 is 0. The molecule has 4 nitrogen and oxygen atoms in total. The van der Waals surface area contributed by atoms with E-state index in [9.17, 15) is 9.59 Å². The van der Waals surface area contributed by atoms with Crippen LogP contribution in [0.4, 0.5) is 4.79 Å². The van der Waals surface area contributed by atoms with Crippen LogP contribution in [0.2, 0.25) is 0 Å². The number of carbonyl (C=O) groups excluding carboxylic acids is 2. The van der Waals surface area contributed by atoms with E-state index in [1.165, 1.54) is 11.3 Å². The molecule has 1 aliphatic carbocycles. The summed E-state index contributed by atoms with van der Waals surface area (Å²) in [5, 5.41) is 2.87. The average molecular weight is 238 g/mol. The van der Waals surface area contributed by atoms with Crippen LogP contribution in [0, 0.1) is 5.41 Å². The predicted molar refractivity (Wildman–Crippen MR) is 65.5 cm³/mol. The predicted octanol–water partition coefficient (Wildman–Crippen LogP) is 2.29. The summed E-state index contributed by atoms with van der Waals surface area (Å²) < 4.78 is 0. The highest BCUT2D eigenvalue weighted by atomic mass is 16.2. The quantitative estimate of drug-likeness (QED) is 0.802. The van der Waals surface area contributed by atoms with E-state index in [1.54, 1.807) is 0 Å². The van der Waals surface area contributed by atoms with Gasteiger partial charge < -0.3 is 5.32 Å². The number of rotatable bonds is 2. The smallest absolute Gasteiger partial charge is 0.324 e. The molecule has 2 aliphatic rings. The molecular formula is C13H22N2O2. The SMILES string of the molecule is CCC1(C)CNC(=O)N(C2CCCCC2)C1=O. The highest BCUT2D eigenvalue weighted by Crippen LogP contribution is 2.31. The normalized spacial score (nSPS) is 31.5. The number of urea groups is 1. The van der Waals surface area contributed by atoms with Crippen LogP contribution in [-0.2, 0) is 4.79 Å². The zero-order valence-corrected chi connectivity index (χ0v) is 10.8. The molecule has 1 N–H and O–H groups in total. The molecule has 0 aromatic carbocycles. The molecule has 0 radical (unpaired) electrons. The molecule has 1 aliphatic heterocycles. The summed E-state index contributed by atoms with van der Waals surface area (Å²) in [7, 11) is 0. The van der Waals surface area contributed by atoms with Crippen molar-refractivity contribution >= 4 is 11.9 Å². The van der Waals surface area contributed by atoms with E-state index in [0.717, 1.165) is 32.1 Å². The minimum Gasteiger partial charge on any atom is -0.337 e. The molecule has 0 bridgehead atoms. The molecule has 3 amide bonds. The Bertz CT molecular complexity index is 323. The van der Waals surface area contributed by atoms with E-state index in [2.05, 4.69) is 5.32 Å². The fraction of sp³-hybridized carbons (Fsp3) is 0.846. The highest BCUT2D eigenvalue weighted by Gasteiger charge is 2.45. The van der Waals surface area contributed by atoms with Gasteiger partial charge >= 0.3 is 6.03 Å². The van der Waals surface area contributed by atoms with Gasteiger partial charge in [0.2, 0.25) is 5.91 Å². The Morgan fingerprint density at radius 3 is 2.53 bits per heavy atom. The van der Waals surface area contributed by atoms with Crippen molar-refractivity contribution in [3.05, 3.63) is 0 Å². The standard InChI is InChI=1S/C13H22N2O2/c1-3-13(2)9-14-12(17)15(11(13)16)10-7-5-4-6-8-10/h10H,3-9H2,1-2H3,(H,14,17). The summed E-state index contributed by atoms with van der Waals surface area (Å²) in [5.74, 6) is 0.0238. The zero-order chi connectivity index (χ0) is 12.5. The van der Waals surface area contributed by atoms with Gasteiger partial charge in [-0.25, -0.2) is 4.79 Å². The van der Waals surface area contributed by atoms with Crippen molar-refractivity contribution in [2.24, 2.45) is 5.41 Å². The van der Waals surface area contributed by atoms with Gasteiger partial charge in [0.25, 0.3) is 0 Å². The first-order chi connectivity index (χ1) is 8.08. The van der Waals surface area contributed by atoms with Crippen LogP contribution in [0.25, 0.3) is 0 Å². The van der Waals surface area contributed by atoms with E-state index in [0.29, 0.717) is 6.54 Å². The average Bonchev–Trinajstić information content (AvgIpc) is 2.36. The molecular weight excluding hydrogens is 216 g/mol. The van der Waals surface area contributed by atoms with Crippen molar-refractivity contribution in [1.82, 2.24) is 10.2 Å². The van der Waals surface area contributed by atoms with E-state index >= 15 is 0 Å². The van der Waals surface area contributed by atoms with Crippen molar-refractivity contribution in [3.63, 3.8) is 0 Å². The number of hydrogen-bond acceptors (Lipinski definition) is 2. The molecule has 1 heterocycles. The fourth-order valence-electron chi connectivity index (χ4n) is 2.76. The lowest BCUT2D eigenvalue weighted by molar-refractivity contribution is -0.142. The Morgan fingerprint density at radius 2 is 1.94 bits per heavy atom. The van der Waals surface area contributed by atoms with E-state index < -0.39 is 5.41 Å². The van der Waals surface area contributed by atoms with Gasteiger partial charge in [0.15, 0.2) is 0 Å². The summed E-state index contributed by atoms with van der Waals surface area (Å²) in [6, 6.07) is -0.0600. The first-order valence-corrected chi connectivity index (χ1v) is 6.70. The fourth-order valence-corrected chi connectivity index (χ4v) is 2.76. The zero-order valence-electron chi connectivity index (χ0n) is 10.8. The molecule has 1 saturated heterocycles. The minimum absolute atomic E-state index is 0.0238. The molecule has 4 heteroatoms. The monoisotopic (exact) mass is 238 g/mol. The molecule has 2 rings (SSSR count). The van der Waals surface area contributed by atoms with Crippen LogP contribution in [0.1, 0.15) is 52.4 Å². The largest absolute Gasteiger partial charge is 0.337 e. The molecule has 1 saturated carbocycles. The van der Waals surface area contributed by atoms with Gasteiger partial charge in [0.1, 0.15) is 0 Å².